The summed E-state index contributed by atoms with van der Waals surface area (Å²) in [6.45, 7) is 3.37. The Labute approximate surface area is 187 Å². The summed E-state index contributed by atoms with van der Waals surface area (Å²) in [5.74, 6) is 0.552. The van der Waals surface area contributed by atoms with Crippen molar-refractivity contribution in [3.63, 3.8) is 0 Å². The predicted octanol–water partition coefficient (Wildman–Crippen LogP) is 2.34. The number of primary sulfonamides is 1. The molecule has 4 rings (SSSR count). The van der Waals surface area contributed by atoms with Gasteiger partial charge in [-0.2, -0.15) is 0 Å². The molecule has 3 heterocycles. The molecule has 2 fully saturated rings. The molecule has 3 N–H and O–H groups in total. The van der Waals surface area contributed by atoms with Crippen molar-refractivity contribution in [2.75, 3.05) is 4.90 Å². The summed E-state index contributed by atoms with van der Waals surface area (Å²) in [6, 6.07) is 9.14. The molecule has 1 aromatic heterocycles. The molecular weight excluding hydrogens is 435 g/mol. The molecule has 2 atom stereocenters. The van der Waals surface area contributed by atoms with Gasteiger partial charge in [-0.05, 0) is 75.9 Å². The van der Waals surface area contributed by atoms with Crippen LogP contribution in [0.5, 0.6) is 5.75 Å². The summed E-state index contributed by atoms with van der Waals surface area (Å²) >= 11 is 0. The summed E-state index contributed by atoms with van der Waals surface area (Å²) in [5.41, 5.74) is -1.11. The van der Waals surface area contributed by atoms with Crippen LogP contribution in [0.3, 0.4) is 0 Å². The van der Waals surface area contributed by atoms with Crippen molar-refractivity contribution >= 4 is 21.7 Å². The average molecular weight is 463 g/mol. The summed E-state index contributed by atoms with van der Waals surface area (Å²) in [5, 5.41) is 8.27. The van der Waals surface area contributed by atoms with E-state index in [0.717, 1.165) is 31.5 Å². The van der Waals surface area contributed by atoms with Crippen LogP contribution in [0.25, 0.3) is 0 Å². The molecule has 2 unspecified atom stereocenters. The lowest BCUT2D eigenvalue weighted by atomic mass is 9.96. The van der Waals surface area contributed by atoms with Gasteiger partial charge in [-0.3, -0.25) is 4.79 Å². The number of fused-ring (bicyclic) bond motifs is 2. The van der Waals surface area contributed by atoms with Crippen LogP contribution in [0, 0.1) is 5.82 Å². The summed E-state index contributed by atoms with van der Waals surface area (Å²) in [6.07, 6.45) is 4.75. The minimum atomic E-state index is -3.78. The maximum absolute atomic E-state index is 13.1. The molecule has 2 bridgehead atoms. The largest absolute Gasteiger partial charge is 0.478 e. The van der Waals surface area contributed by atoms with E-state index in [4.69, 9.17) is 9.88 Å². The highest BCUT2D eigenvalue weighted by Crippen LogP contribution is 2.38. The van der Waals surface area contributed by atoms with Gasteiger partial charge < -0.3 is 15.0 Å². The quantitative estimate of drug-likeness (QED) is 0.681. The summed E-state index contributed by atoms with van der Waals surface area (Å²) in [4.78, 5) is 19.4. The molecule has 172 valence electrons. The molecule has 2 saturated heterocycles. The van der Waals surface area contributed by atoms with E-state index in [-0.39, 0.29) is 34.7 Å². The highest BCUT2D eigenvalue weighted by atomic mass is 32.2. The number of amides is 1. The van der Waals surface area contributed by atoms with Gasteiger partial charge in [-0.25, -0.2) is 22.9 Å². The first kappa shape index (κ1) is 22.5. The lowest BCUT2D eigenvalue weighted by molar-refractivity contribution is -0.135. The number of anilines is 1. The number of aromatic nitrogens is 1. The number of hydrogen-bond donors (Lipinski definition) is 2. The highest BCUT2D eigenvalue weighted by Gasteiger charge is 2.43. The second-order valence-corrected chi connectivity index (χ2v) is 10.5. The fraction of sp³-hybridized carbons (Fsp3) is 0.455. The lowest BCUT2D eigenvalue weighted by Crippen LogP contribution is -2.55. The molecule has 0 saturated carbocycles. The zero-order valence-electron chi connectivity index (χ0n) is 18.0. The van der Waals surface area contributed by atoms with E-state index in [9.17, 15) is 17.6 Å². The maximum Gasteiger partial charge on any atom is 0.263 e. The number of nitrogens with one attached hydrogen (secondary N) is 1. The Balaban J connectivity index is 1.40. The fourth-order valence-electron chi connectivity index (χ4n) is 4.57. The molecule has 0 aliphatic carbocycles. The van der Waals surface area contributed by atoms with Crippen LogP contribution in [-0.2, 0) is 14.8 Å². The Morgan fingerprint density at radius 3 is 2.31 bits per heavy atom. The second-order valence-electron chi connectivity index (χ2n) is 8.90. The lowest BCUT2D eigenvalue weighted by Gasteiger charge is -2.40. The van der Waals surface area contributed by atoms with Gasteiger partial charge in [0, 0.05) is 24.3 Å². The predicted molar refractivity (Wildman–Crippen MR) is 117 cm³/mol. The number of halogens is 1. The number of pyridine rings is 1. The zero-order chi connectivity index (χ0) is 23.1. The van der Waals surface area contributed by atoms with Crippen molar-refractivity contribution in [2.24, 2.45) is 5.14 Å². The van der Waals surface area contributed by atoms with Gasteiger partial charge in [-0.1, -0.05) is 0 Å². The van der Waals surface area contributed by atoms with Crippen LogP contribution in [-0.4, -0.2) is 43.0 Å². The van der Waals surface area contributed by atoms with Crippen LogP contribution in [0.1, 0.15) is 39.5 Å². The Morgan fingerprint density at radius 2 is 1.78 bits per heavy atom. The molecule has 2 aromatic rings. The van der Waals surface area contributed by atoms with E-state index in [1.165, 1.54) is 36.5 Å². The number of piperidine rings is 1. The smallest absolute Gasteiger partial charge is 0.263 e. The number of carbonyl (C=O) groups excluding carboxylic acids is 1. The van der Waals surface area contributed by atoms with Gasteiger partial charge >= 0.3 is 0 Å². The number of benzene rings is 1. The number of ether oxygens (including phenoxy) is 1. The highest BCUT2D eigenvalue weighted by molar-refractivity contribution is 7.89. The number of rotatable bonds is 6. The fourth-order valence-corrected chi connectivity index (χ4v) is 5.02. The molecule has 0 radical (unpaired) electrons. The molecule has 2 aliphatic rings. The van der Waals surface area contributed by atoms with Gasteiger partial charge in [-0.15, -0.1) is 0 Å². The molecular formula is C22H27FN4O4S. The third-order valence-corrected chi connectivity index (χ3v) is 7.01. The Hall–Kier alpha value is -2.72. The van der Waals surface area contributed by atoms with E-state index in [1.54, 1.807) is 19.9 Å². The summed E-state index contributed by atoms with van der Waals surface area (Å²) < 4.78 is 41.9. The van der Waals surface area contributed by atoms with Gasteiger partial charge in [0.1, 0.15) is 22.3 Å². The van der Waals surface area contributed by atoms with E-state index in [0.29, 0.717) is 5.75 Å². The third-order valence-electron chi connectivity index (χ3n) is 6.12. The third kappa shape index (κ3) is 4.71. The van der Waals surface area contributed by atoms with Gasteiger partial charge in [0.15, 0.2) is 5.60 Å². The molecule has 2 aliphatic heterocycles. The van der Waals surface area contributed by atoms with E-state index < -0.39 is 15.6 Å². The number of sulfonamides is 1. The van der Waals surface area contributed by atoms with Crippen molar-refractivity contribution in [1.29, 1.82) is 0 Å². The number of nitrogens with two attached hydrogens (primary N) is 1. The van der Waals surface area contributed by atoms with Crippen LogP contribution in [0.15, 0.2) is 47.5 Å². The normalized spacial score (nSPS) is 23.1. The van der Waals surface area contributed by atoms with Gasteiger partial charge in [0.2, 0.25) is 10.0 Å². The van der Waals surface area contributed by atoms with E-state index in [2.05, 4.69) is 15.2 Å². The summed E-state index contributed by atoms with van der Waals surface area (Å²) in [7, 11) is -3.78. The van der Waals surface area contributed by atoms with Crippen molar-refractivity contribution in [1.82, 2.24) is 10.3 Å². The van der Waals surface area contributed by atoms with Crippen LogP contribution in [0.2, 0.25) is 0 Å². The first-order valence-corrected chi connectivity index (χ1v) is 12.1. The van der Waals surface area contributed by atoms with Crippen LogP contribution in [0.4, 0.5) is 10.2 Å². The SMILES string of the molecule is CC(C)(Oc1ccc(F)cc1)C(=O)NC1CC2CCC(C1)N2c1ccc(S(N)(=O)=O)cn1. The van der Waals surface area contributed by atoms with E-state index >= 15 is 0 Å². The van der Waals surface area contributed by atoms with Crippen molar-refractivity contribution < 1.29 is 22.3 Å². The molecule has 1 amide bonds. The first-order chi connectivity index (χ1) is 15.0. The number of nitrogens with zero attached hydrogens (tertiary/aromatic N) is 2. The van der Waals surface area contributed by atoms with Crippen molar-refractivity contribution in [2.45, 2.75) is 68.2 Å². The molecule has 8 nitrogen and oxygen atoms in total. The second kappa shape index (κ2) is 8.32. The Bertz CT molecular complexity index is 1080. The first-order valence-electron chi connectivity index (χ1n) is 10.6. The minimum Gasteiger partial charge on any atom is -0.478 e. The zero-order valence-corrected chi connectivity index (χ0v) is 18.8. The molecule has 32 heavy (non-hydrogen) atoms. The Kier molecular flexibility index (Phi) is 5.85. The van der Waals surface area contributed by atoms with E-state index in [1.807, 2.05) is 0 Å². The molecule has 0 spiro atoms. The monoisotopic (exact) mass is 462 g/mol. The van der Waals surface area contributed by atoms with Crippen LogP contribution < -0.4 is 20.1 Å². The van der Waals surface area contributed by atoms with Crippen molar-refractivity contribution in [3.05, 3.63) is 48.4 Å². The topological polar surface area (TPSA) is 115 Å². The number of carbonyl (C=O) groups is 1. The number of hydrogen-bond acceptors (Lipinski definition) is 6. The minimum absolute atomic E-state index is 0.00367. The molecule has 1 aromatic carbocycles. The van der Waals surface area contributed by atoms with Gasteiger partial charge in [0.05, 0.1) is 0 Å². The Morgan fingerprint density at radius 1 is 1.16 bits per heavy atom. The van der Waals surface area contributed by atoms with Crippen LogP contribution >= 0.6 is 0 Å². The average Bonchev–Trinajstić information content (AvgIpc) is 2.99. The van der Waals surface area contributed by atoms with Crippen molar-refractivity contribution in [3.8, 4) is 5.75 Å². The van der Waals surface area contributed by atoms with Gasteiger partial charge in [0.25, 0.3) is 5.91 Å². The maximum atomic E-state index is 13.1. The standard InChI is InChI=1S/C22H27FN4O4S/c1-22(2,31-18-7-3-14(23)4-8-18)21(28)26-15-11-16-5-6-17(12-15)27(16)20-10-9-19(13-25-20)32(24,29)30/h3-4,7-10,13,15-17H,5-6,11-12H2,1-2H3,(H,26,28)(H2,24,29,30). The molecule has 10 heteroatoms.